The number of carboxylic acids is 1. The number of amides is 2. The van der Waals surface area contributed by atoms with E-state index in [0.717, 1.165) is 22.3 Å². The second-order valence-electron chi connectivity index (χ2n) is 8.70. The third-order valence-corrected chi connectivity index (χ3v) is 5.11. The van der Waals surface area contributed by atoms with Crippen LogP contribution in [0.25, 0.3) is 11.1 Å². The standard InChI is InChI=1S/C24H28N2O5/c1-24(2,3)26-21(27)13-12-20(22(28)29)25-23(30)31-14-19-17-10-6-4-8-15(17)16-9-5-7-11-18(16)19/h4-11,19-20H,12-14H2,1-3H3,(H,25,30)(H,26,27)(H,28,29). The zero-order valence-corrected chi connectivity index (χ0v) is 18.0. The summed E-state index contributed by atoms with van der Waals surface area (Å²) in [7, 11) is 0. The fourth-order valence-electron chi connectivity index (χ4n) is 3.80. The Labute approximate surface area is 181 Å². The highest BCUT2D eigenvalue weighted by atomic mass is 16.5. The third-order valence-electron chi connectivity index (χ3n) is 5.11. The molecule has 1 unspecified atom stereocenters. The maximum absolute atomic E-state index is 12.3. The van der Waals surface area contributed by atoms with E-state index in [1.165, 1.54) is 0 Å². The molecule has 7 nitrogen and oxygen atoms in total. The molecule has 0 saturated heterocycles. The molecule has 0 aliphatic heterocycles. The maximum atomic E-state index is 12.3. The number of fused-ring (bicyclic) bond motifs is 3. The Balaban J connectivity index is 1.59. The van der Waals surface area contributed by atoms with Gasteiger partial charge < -0.3 is 20.5 Å². The Morgan fingerprint density at radius 1 is 1.00 bits per heavy atom. The lowest BCUT2D eigenvalue weighted by molar-refractivity contribution is -0.139. The lowest BCUT2D eigenvalue weighted by atomic mass is 9.98. The number of nitrogens with one attached hydrogen (secondary N) is 2. The number of carbonyl (C=O) groups is 3. The predicted octanol–water partition coefficient (Wildman–Crippen LogP) is 3.67. The Bertz CT molecular complexity index is 934. The molecule has 31 heavy (non-hydrogen) atoms. The first-order chi connectivity index (χ1) is 14.7. The van der Waals surface area contributed by atoms with Crippen molar-refractivity contribution in [2.75, 3.05) is 6.61 Å². The van der Waals surface area contributed by atoms with Crippen LogP contribution in [0.2, 0.25) is 0 Å². The number of rotatable bonds is 7. The van der Waals surface area contributed by atoms with Crippen LogP contribution in [0, 0.1) is 0 Å². The maximum Gasteiger partial charge on any atom is 0.407 e. The molecule has 2 aromatic rings. The van der Waals surface area contributed by atoms with Crippen LogP contribution in [-0.2, 0) is 14.3 Å². The van der Waals surface area contributed by atoms with Crippen LogP contribution >= 0.6 is 0 Å². The van der Waals surface area contributed by atoms with E-state index in [4.69, 9.17) is 4.74 Å². The summed E-state index contributed by atoms with van der Waals surface area (Å²) in [6, 6.07) is 14.7. The number of alkyl carbamates (subject to hydrolysis) is 1. The van der Waals surface area contributed by atoms with Gasteiger partial charge in [-0.25, -0.2) is 9.59 Å². The summed E-state index contributed by atoms with van der Waals surface area (Å²) in [5.74, 6) is -1.59. The first-order valence-electron chi connectivity index (χ1n) is 10.3. The molecule has 0 fully saturated rings. The molecule has 1 aliphatic carbocycles. The molecule has 164 valence electrons. The molecule has 3 N–H and O–H groups in total. The van der Waals surface area contributed by atoms with Crippen LogP contribution in [0.15, 0.2) is 48.5 Å². The van der Waals surface area contributed by atoms with Crippen molar-refractivity contribution >= 4 is 18.0 Å². The quantitative estimate of drug-likeness (QED) is 0.629. The molecule has 2 amide bonds. The van der Waals surface area contributed by atoms with Crippen molar-refractivity contribution in [3.8, 4) is 11.1 Å². The van der Waals surface area contributed by atoms with Crippen LogP contribution in [0.5, 0.6) is 0 Å². The van der Waals surface area contributed by atoms with E-state index in [9.17, 15) is 19.5 Å². The SMILES string of the molecule is CC(C)(C)NC(=O)CCC(NC(=O)OCC1c2ccccc2-c2ccccc21)C(=O)O. The van der Waals surface area contributed by atoms with Crippen molar-refractivity contribution in [2.24, 2.45) is 0 Å². The van der Waals surface area contributed by atoms with Gasteiger partial charge in [-0.05, 0) is 49.4 Å². The molecule has 0 bridgehead atoms. The van der Waals surface area contributed by atoms with Gasteiger partial charge in [0.05, 0.1) is 0 Å². The van der Waals surface area contributed by atoms with E-state index in [0.29, 0.717) is 0 Å². The molecule has 0 heterocycles. The van der Waals surface area contributed by atoms with Crippen molar-refractivity contribution in [2.45, 2.75) is 51.1 Å². The van der Waals surface area contributed by atoms with Gasteiger partial charge in [0.2, 0.25) is 5.91 Å². The van der Waals surface area contributed by atoms with Gasteiger partial charge in [0.25, 0.3) is 0 Å². The van der Waals surface area contributed by atoms with Gasteiger partial charge in [0, 0.05) is 17.9 Å². The van der Waals surface area contributed by atoms with E-state index in [1.54, 1.807) is 0 Å². The Morgan fingerprint density at radius 3 is 2.06 bits per heavy atom. The number of benzene rings is 2. The Morgan fingerprint density at radius 2 is 1.55 bits per heavy atom. The Hall–Kier alpha value is -3.35. The largest absolute Gasteiger partial charge is 0.480 e. The molecule has 0 saturated carbocycles. The first-order valence-corrected chi connectivity index (χ1v) is 10.3. The summed E-state index contributed by atoms with van der Waals surface area (Å²) in [6.45, 7) is 5.62. The normalized spacial score (nSPS) is 13.6. The lowest BCUT2D eigenvalue weighted by Crippen LogP contribution is -2.44. The zero-order chi connectivity index (χ0) is 22.6. The number of aliphatic carboxylic acids is 1. The second kappa shape index (κ2) is 9.20. The molecular weight excluding hydrogens is 396 g/mol. The highest BCUT2D eigenvalue weighted by Crippen LogP contribution is 2.44. The summed E-state index contributed by atoms with van der Waals surface area (Å²) >= 11 is 0. The topological polar surface area (TPSA) is 105 Å². The number of carbonyl (C=O) groups excluding carboxylic acids is 2. The van der Waals surface area contributed by atoms with Gasteiger partial charge in [0.15, 0.2) is 0 Å². The van der Waals surface area contributed by atoms with E-state index in [2.05, 4.69) is 10.6 Å². The minimum Gasteiger partial charge on any atom is -0.480 e. The third kappa shape index (κ3) is 5.63. The fraction of sp³-hybridized carbons (Fsp3) is 0.375. The molecule has 0 radical (unpaired) electrons. The van der Waals surface area contributed by atoms with Gasteiger partial charge in [0.1, 0.15) is 12.6 Å². The van der Waals surface area contributed by atoms with Crippen LogP contribution in [0.4, 0.5) is 4.79 Å². The van der Waals surface area contributed by atoms with E-state index >= 15 is 0 Å². The lowest BCUT2D eigenvalue weighted by Gasteiger charge is -2.21. The van der Waals surface area contributed by atoms with Crippen molar-refractivity contribution in [3.63, 3.8) is 0 Å². The average Bonchev–Trinajstić information content (AvgIpc) is 3.02. The monoisotopic (exact) mass is 424 g/mol. The predicted molar refractivity (Wildman–Crippen MR) is 117 cm³/mol. The van der Waals surface area contributed by atoms with Crippen LogP contribution in [0.1, 0.15) is 50.7 Å². The minimum atomic E-state index is -1.21. The molecule has 3 rings (SSSR count). The molecule has 2 aromatic carbocycles. The van der Waals surface area contributed by atoms with E-state index < -0.39 is 23.6 Å². The number of ether oxygens (including phenoxy) is 1. The van der Waals surface area contributed by atoms with Crippen molar-refractivity contribution in [1.29, 1.82) is 0 Å². The molecule has 0 spiro atoms. The average molecular weight is 424 g/mol. The number of hydrogen-bond donors (Lipinski definition) is 3. The molecule has 1 atom stereocenters. The highest BCUT2D eigenvalue weighted by Gasteiger charge is 2.30. The molecule has 7 heteroatoms. The smallest absolute Gasteiger partial charge is 0.407 e. The van der Waals surface area contributed by atoms with Crippen molar-refractivity contribution in [1.82, 2.24) is 10.6 Å². The van der Waals surface area contributed by atoms with E-state index in [1.807, 2.05) is 69.3 Å². The summed E-state index contributed by atoms with van der Waals surface area (Å²) in [5, 5.41) is 14.5. The van der Waals surface area contributed by atoms with Gasteiger partial charge in [-0.2, -0.15) is 0 Å². The van der Waals surface area contributed by atoms with Crippen molar-refractivity contribution in [3.05, 3.63) is 59.7 Å². The van der Waals surface area contributed by atoms with E-state index in [-0.39, 0.29) is 31.3 Å². The number of hydrogen-bond acceptors (Lipinski definition) is 4. The van der Waals surface area contributed by atoms with Crippen molar-refractivity contribution < 1.29 is 24.2 Å². The summed E-state index contributed by atoms with van der Waals surface area (Å²) in [6.07, 6.45) is -0.857. The summed E-state index contributed by atoms with van der Waals surface area (Å²) < 4.78 is 5.39. The molecular formula is C24H28N2O5. The second-order valence-corrected chi connectivity index (χ2v) is 8.70. The molecule has 1 aliphatic rings. The number of carboxylic acid groups (broad SMARTS) is 1. The summed E-state index contributed by atoms with van der Waals surface area (Å²) in [4.78, 5) is 35.8. The van der Waals surface area contributed by atoms with Gasteiger partial charge >= 0.3 is 12.1 Å². The van der Waals surface area contributed by atoms with Crippen LogP contribution in [0.3, 0.4) is 0 Å². The Kier molecular flexibility index (Phi) is 6.63. The zero-order valence-electron chi connectivity index (χ0n) is 18.0. The first kappa shape index (κ1) is 22.3. The fourth-order valence-corrected chi connectivity index (χ4v) is 3.80. The van der Waals surface area contributed by atoms with Crippen LogP contribution < -0.4 is 10.6 Å². The van der Waals surface area contributed by atoms with Gasteiger partial charge in [-0.15, -0.1) is 0 Å². The highest BCUT2D eigenvalue weighted by molar-refractivity contribution is 5.82. The van der Waals surface area contributed by atoms with Crippen LogP contribution in [-0.4, -0.2) is 41.3 Å². The van der Waals surface area contributed by atoms with Gasteiger partial charge in [-0.1, -0.05) is 48.5 Å². The minimum absolute atomic E-state index is 0.0160. The molecule has 0 aromatic heterocycles. The summed E-state index contributed by atoms with van der Waals surface area (Å²) in [5.41, 5.74) is 3.96. The van der Waals surface area contributed by atoms with Gasteiger partial charge in [-0.3, -0.25) is 4.79 Å².